The number of rotatable bonds is 6. The lowest BCUT2D eigenvalue weighted by molar-refractivity contribution is 0.182. The van der Waals surface area contributed by atoms with Crippen LogP contribution in [0, 0.1) is 5.41 Å². The molecule has 0 aromatic heterocycles. The van der Waals surface area contributed by atoms with Crippen LogP contribution in [-0.2, 0) is 16.1 Å². The van der Waals surface area contributed by atoms with Crippen molar-refractivity contribution in [1.82, 2.24) is 0 Å². The number of nitrogens with one attached hydrogen (secondary N) is 1. The number of methoxy groups -OCH3 is 2. The number of aliphatic imine (C=N–C) groups is 1. The van der Waals surface area contributed by atoms with Crippen LogP contribution in [0.1, 0.15) is 18.1 Å². The molecule has 120 valence electrons. The number of carbonyl (C=O) groups is 1. The van der Waals surface area contributed by atoms with Gasteiger partial charge in [-0.2, -0.15) is 4.99 Å². The minimum atomic E-state index is -0.729. The summed E-state index contributed by atoms with van der Waals surface area (Å²) in [5.41, 5.74) is 1.62. The highest BCUT2D eigenvalue weighted by molar-refractivity contribution is 8.15. The van der Waals surface area contributed by atoms with Crippen LogP contribution in [0.25, 0.3) is 0 Å². The largest absolute Gasteiger partial charge is 0.494 e. The molecule has 1 aromatic carbocycles. The van der Waals surface area contributed by atoms with E-state index in [-0.39, 0.29) is 10.8 Å². The highest BCUT2D eigenvalue weighted by Gasteiger charge is 2.14. The number of hydrogen-bond donors (Lipinski definition) is 1. The Kier molecular flexibility index (Phi) is 7.62. The van der Waals surface area contributed by atoms with Crippen LogP contribution in [0.3, 0.4) is 0 Å². The van der Waals surface area contributed by atoms with E-state index in [9.17, 15) is 4.79 Å². The van der Waals surface area contributed by atoms with Gasteiger partial charge in [-0.05, 0) is 36.9 Å². The van der Waals surface area contributed by atoms with Gasteiger partial charge < -0.3 is 14.2 Å². The summed E-state index contributed by atoms with van der Waals surface area (Å²) >= 11 is 1.21. The summed E-state index contributed by atoms with van der Waals surface area (Å²) in [4.78, 5) is 15.1. The van der Waals surface area contributed by atoms with Crippen molar-refractivity contribution in [2.75, 3.05) is 27.1 Å². The topological polar surface area (TPSA) is 81.0 Å². The molecule has 0 bridgehead atoms. The quantitative estimate of drug-likeness (QED) is 0.642. The second-order valence-electron chi connectivity index (χ2n) is 4.20. The van der Waals surface area contributed by atoms with Crippen LogP contribution in [0.4, 0.5) is 4.79 Å². The Morgan fingerprint density at radius 2 is 2.05 bits per heavy atom. The molecule has 1 aromatic rings. The number of benzene rings is 1. The van der Waals surface area contributed by atoms with Gasteiger partial charge in [-0.3, -0.25) is 5.41 Å². The normalized spacial score (nSPS) is 11.2. The molecule has 0 fully saturated rings. The summed E-state index contributed by atoms with van der Waals surface area (Å²) in [7, 11) is 2.85. The minimum Gasteiger partial charge on any atom is -0.494 e. The second kappa shape index (κ2) is 9.22. The Balaban J connectivity index is 3.19. The van der Waals surface area contributed by atoms with Gasteiger partial charge in [0.2, 0.25) is 0 Å². The van der Waals surface area contributed by atoms with Crippen LogP contribution >= 0.6 is 11.8 Å². The Labute approximate surface area is 134 Å². The molecule has 1 rings (SSSR count). The zero-order valence-corrected chi connectivity index (χ0v) is 14.0. The van der Waals surface area contributed by atoms with Gasteiger partial charge in [0.15, 0.2) is 0 Å². The highest BCUT2D eigenvalue weighted by Crippen LogP contribution is 2.20. The molecule has 0 unspecified atom stereocenters. The predicted molar refractivity (Wildman–Crippen MR) is 88.5 cm³/mol. The standard InChI is InChI=1S/C15H20N2O4S/c1-5-21-12-7-10(9-19-2)6-11(8-12)13(16)14(22-4)17-15(18)20-3/h6-8,16H,5,9H2,1-4H3. The zero-order valence-electron chi connectivity index (χ0n) is 13.1. The fourth-order valence-corrected chi connectivity index (χ4v) is 2.25. The number of hydrogen-bond acceptors (Lipinski definition) is 6. The van der Waals surface area contributed by atoms with Gasteiger partial charge in [0.05, 0.1) is 26.0 Å². The van der Waals surface area contributed by atoms with Crippen molar-refractivity contribution >= 4 is 28.6 Å². The molecule has 1 N–H and O–H groups in total. The van der Waals surface area contributed by atoms with Crippen molar-refractivity contribution in [3.05, 3.63) is 29.3 Å². The smallest absolute Gasteiger partial charge is 0.434 e. The molecule has 0 atom stereocenters. The monoisotopic (exact) mass is 324 g/mol. The first-order valence-electron chi connectivity index (χ1n) is 6.61. The third kappa shape index (κ3) is 5.16. The molecule has 0 heterocycles. The summed E-state index contributed by atoms with van der Waals surface area (Å²) in [5.74, 6) is 0.648. The first kappa shape index (κ1) is 18.2. The Morgan fingerprint density at radius 1 is 1.32 bits per heavy atom. The van der Waals surface area contributed by atoms with Gasteiger partial charge in [0, 0.05) is 12.7 Å². The van der Waals surface area contributed by atoms with E-state index in [1.54, 1.807) is 19.4 Å². The van der Waals surface area contributed by atoms with E-state index in [0.717, 1.165) is 5.56 Å². The van der Waals surface area contributed by atoms with Gasteiger partial charge in [-0.1, -0.05) is 0 Å². The van der Waals surface area contributed by atoms with Gasteiger partial charge >= 0.3 is 6.09 Å². The maximum atomic E-state index is 11.3. The molecule has 0 radical (unpaired) electrons. The summed E-state index contributed by atoms with van der Waals surface area (Å²) in [6.45, 7) is 2.82. The summed E-state index contributed by atoms with van der Waals surface area (Å²) in [5, 5.41) is 8.54. The maximum Gasteiger partial charge on any atom is 0.434 e. The van der Waals surface area contributed by atoms with Crippen molar-refractivity contribution in [2.45, 2.75) is 13.5 Å². The second-order valence-corrected chi connectivity index (χ2v) is 4.99. The first-order valence-corrected chi connectivity index (χ1v) is 7.83. The third-order valence-corrected chi connectivity index (χ3v) is 3.33. The fraction of sp³-hybridized carbons (Fsp3) is 0.400. The number of nitrogens with zero attached hydrogens (tertiary/aromatic N) is 1. The van der Waals surface area contributed by atoms with E-state index in [1.165, 1.54) is 18.9 Å². The van der Waals surface area contributed by atoms with Gasteiger partial charge in [-0.15, -0.1) is 11.8 Å². The maximum absolute atomic E-state index is 11.3. The average Bonchev–Trinajstić information content (AvgIpc) is 2.52. The van der Waals surface area contributed by atoms with E-state index in [0.29, 0.717) is 24.5 Å². The van der Waals surface area contributed by atoms with Crippen molar-refractivity contribution in [3.63, 3.8) is 0 Å². The SMILES string of the molecule is CCOc1cc(COC)cc(C(=N)C(=NC(=O)OC)SC)c1. The molecule has 1 amide bonds. The molecule has 0 aliphatic rings. The van der Waals surface area contributed by atoms with Crippen LogP contribution in [-0.4, -0.2) is 43.9 Å². The fourth-order valence-electron chi connectivity index (χ4n) is 1.76. The first-order chi connectivity index (χ1) is 10.5. The minimum absolute atomic E-state index is 0.136. The average molecular weight is 324 g/mol. The zero-order chi connectivity index (χ0) is 16.5. The van der Waals surface area contributed by atoms with E-state index >= 15 is 0 Å². The Morgan fingerprint density at radius 3 is 2.59 bits per heavy atom. The lowest BCUT2D eigenvalue weighted by Crippen LogP contribution is -2.14. The third-order valence-electron chi connectivity index (χ3n) is 2.65. The van der Waals surface area contributed by atoms with E-state index < -0.39 is 6.09 Å². The molecule has 0 saturated carbocycles. The van der Waals surface area contributed by atoms with Gasteiger partial charge in [-0.25, -0.2) is 4.79 Å². The van der Waals surface area contributed by atoms with Crippen LogP contribution in [0.5, 0.6) is 5.75 Å². The highest BCUT2D eigenvalue weighted by atomic mass is 32.2. The van der Waals surface area contributed by atoms with Crippen molar-refractivity contribution < 1.29 is 19.0 Å². The van der Waals surface area contributed by atoms with E-state index in [4.69, 9.17) is 14.9 Å². The molecule has 0 aliphatic heterocycles. The number of ether oxygens (including phenoxy) is 3. The van der Waals surface area contributed by atoms with Crippen molar-refractivity contribution in [1.29, 1.82) is 5.41 Å². The number of amides is 1. The summed E-state index contributed by atoms with van der Waals surface area (Å²) in [6, 6.07) is 5.42. The van der Waals surface area contributed by atoms with Crippen LogP contribution in [0.15, 0.2) is 23.2 Å². The lowest BCUT2D eigenvalue weighted by atomic mass is 10.1. The van der Waals surface area contributed by atoms with E-state index in [2.05, 4.69) is 9.73 Å². The van der Waals surface area contributed by atoms with Gasteiger partial charge in [0.1, 0.15) is 10.8 Å². The number of carbonyl (C=O) groups excluding carboxylic acids is 1. The predicted octanol–water partition coefficient (Wildman–Crippen LogP) is 3.13. The molecule has 0 spiro atoms. The molecule has 6 nitrogen and oxygen atoms in total. The lowest BCUT2D eigenvalue weighted by Gasteiger charge is -2.11. The van der Waals surface area contributed by atoms with Crippen LogP contribution < -0.4 is 4.74 Å². The summed E-state index contributed by atoms with van der Waals surface area (Å²) < 4.78 is 15.1. The Bertz CT molecular complexity index is 548. The van der Waals surface area contributed by atoms with Crippen molar-refractivity contribution in [2.24, 2.45) is 4.99 Å². The Hall–Kier alpha value is -1.86. The molecule has 7 heteroatoms. The number of thioether (sulfide) groups is 1. The molecular formula is C15H20N2O4S. The molecule has 22 heavy (non-hydrogen) atoms. The molecular weight excluding hydrogens is 304 g/mol. The van der Waals surface area contributed by atoms with Gasteiger partial charge in [0.25, 0.3) is 0 Å². The molecule has 0 aliphatic carbocycles. The molecule has 0 saturated heterocycles. The van der Waals surface area contributed by atoms with Crippen LogP contribution in [0.2, 0.25) is 0 Å². The van der Waals surface area contributed by atoms with Crippen molar-refractivity contribution in [3.8, 4) is 5.75 Å². The summed E-state index contributed by atoms with van der Waals surface area (Å²) in [6.07, 6.45) is 1.02. The van der Waals surface area contributed by atoms with E-state index in [1.807, 2.05) is 19.1 Å².